The lowest BCUT2D eigenvalue weighted by molar-refractivity contribution is -0.126. The van der Waals surface area contributed by atoms with E-state index >= 15 is 0 Å². The highest BCUT2D eigenvalue weighted by atomic mass is 16.2. The van der Waals surface area contributed by atoms with Gasteiger partial charge in [0.15, 0.2) is 0 Å². The number of likely N-dealkylation sites (N-methyl/N-ethyl adjacent to an activating group) is 1. The fourth-order valence-electron chi connectivity index (χ4n) is 1.47. The normalized spacial score (nSPS) is 10.3. The van der Waals surface area contributed by atoms with Crippen molar-refractivity contribution in [2.24, 2.45) is 0 Å². The van der Waals surface area contributed by atoms with Crippen molar-refractivity contribution in [2.45, 2.75) is 13.3 Å². The Morgan fingerprint density at radius 2 is 1.74 bits per heavy atom. The second-order valence-electron chi connectivity index (χ2n) is 4.74. The van der Waals surface area contributed by atoms with Crippen LogP contribution in [0.15, 0.2) is 24.3 Å². The zero-order valence-electron chi connectivity index (χ0n) is 11.7. The number of carbonyl (C=O) groups excluding carboxylic acids is 2. The van der Waals surface area contributed by atoms with E-state index in [0.29, 0.717) is 12.2 Å². The first-order valence-electron chi connectivity index (χ1n) is 6.25. The Hall–Kier alpha value is -1.88. The summed E-state index contributed by atoms with van der Waals surface area (Å²) in [7, 11) is 3.85. The summed E-state index contributed by atoms with van der Waals surface area (Å²) in [5.41, 5.74) is 1.83. The highest BCUT2D eigenvalue weighted by Gasteiger charge is 2.09. The van der Waals surface area contributed by atoms with Gasteiger partial charge in [0.1, 0.15) is 6.42 Å². The van der Waals surface area contributed by atoms with E-state index in [1.165, 1.54) is 0 Å². The van der Waals surface area contributed by atoms with Crippen molar-refractivity contribution in [1.29, 1.82) is 0 Å². The van der Waals surface area contributed by atoms with Gasteiger partial charge in [-0.05, 0) is 33.2 Å². The van der Waals surface area contributed by atoms with Crippen molar-refractivity contribution >= 4 is 17.5 Å². The van der Waals surface area contributed by atoms with E-state index in [9.17, 15) is 9.59 Å². The maximum atomic E-state index is 11.6. The molecule has 0 saturated carbocycles. The zero-order valence-corrected chi connectivity index (χ0v) is 11.7. The van der Waals surface area contributed by atoms with Gasteiger partial charge >= 0.3 is 0 Å². The first-order chi connectivity index (χ1) is 8.97. The first kappa shape index (κ1) is 15.2. The molecule has 0 atom stereocenters. The average Bonchev–Trinajstić information content (AvgIpc) is 2.31. The Labute approximate surface area is 114 Å². The summed E-state index contributed by atoms with van der Waals surface area (Å²) in [6.45, 7) is 3.28. The smallest absolute Gasteiger partial charge is 0.233 e. The van der Waals surface area contributed by atoms with Gasteiger partial charge < -0.3 is 15.5 Å². The lowest BCUT2D eigenvalue weighted by Crippen LogP contribution is -2.33. The lowest BCUT2D eigenvalue weighted by atomic mass is 10.2. The maximum Gasteiger partial charge on any atom is 0.233 e. The molecule has 2 N–H and O–H groups in total. The third-order valence-corrected chi connectivity index (χ3v) is 2.54. The third-order valence-electron chi connectivity index (χ3n) is 2.54. The van der Waals surface area contributed by atoms with E-state index in [-0.39, 0.29) is 18.2 Å². The first-order valence-corrected chi connectivity index (χ1v) is 6.25. The number of carbonyl (C=O) groups is 2. The van der Waals surface area contributed by atoms with Gasteiger partial charge in [-0.15, -0.1) is 0 Å². The molecule has 1 rings (SSSR count). The second-order valence-corrected chi connectivity index (χ2v) is 4.74. The Bertz CT molecular complexity index is 427. The van der Waals surface area contributed by atoms with Crippen molar-refractivity contribution in [3.8, 4) is 0 Å². The number of nitrogens with zero attached hydrogens (tertiary/aromatic N) is 1. The molecule has 5 heteroatoms. The van der Waals surface area contributed by atoms with Crippen LogP contribution in [0.4, 0.5) is 5.69 Å². The largest absolute Gasteiger partial charge is 0.354 e. The van der Waals surface area contributed by atoms with Crippen LogP contribution in [0.5, 0.6) is 0 Å². The minimum absolute atomic E-state index is 0.151. The van der Waals surface area contributed by atoms with E-state index in [1.54, 1.807) is 0 Å². The van der Waals surface area contributed by atoms with E-state index in [2.05, 4.69) is 10.6 Å². The second kappa shape index (κ2) is 7.53. The molecule has 0 saturated heterocycles. The minimum Gasteiger partial charge on any atom is -0.354 e. The van der Waals surface area contributed by atoms with Crippen LogP contribution < -0.4 is 10.6 Å². The standard InChI is InChI=1S/C14H21N3O2/c1-11-4-6-12(7-5-11)16-14(19)10-13(18)15-8-9-17(2)3/h4-7H,8-10H2,1-3H3,(H,15,18)(H,16,19). The maximum absolute atomic E-state index is 11.6. The van der Waals surface area contributed by atoms with Crippen LogP contribution in [0.1, 0.15) is 12.0 Å². The van der Waals surface area contributed by atoms with Gasteiger partial charge in [-0.25, -0.2) is 0 Å². The molecule has 0 aliphatic carbocycles. The summed E-state index contributed by atoms with van der Waals surface area (Å²) in [5.74, 6) is -0.558. The number of aryl methyl sites for hydroxylation is 1. The molecule has 2 amide bonds. The summed E-state index contributed by atoms with van der Waals surface area (Å²) in [6, 6.07) is 7.45. The molecule has 0 aliphatic heterocycles. The molecule has 104 valence electrons. The van der Waals surface area contributed by atoms with Crippen LogP contribution in [-0.4, -0.2) is 43.9 Å². The van der Waals surface area contributed by atoms with Crippen LogP contribution in [0.2, 0.25) is 0 Å². The summed E-state index contributed by atoms with van der Waals surface area (Å²) < 4.78 is 0. The highest BCUT2D eigenvalue weighted by molar-refractivity contribution is 6.03. The van der Waals surface area contributed by atoms with E-state index in [4.69, 9.17) is 0 Å². The Balaban J connectivity index is 2.30. The van der Waals surface area contributed by atoms with Crippen LogP contribution in [0, 0.1) is 6.92 Å². The van der Waals surface area contributed by atoms with Crippen molar-refractivity contribution in [2.75, 3.05) is 32.5 Å². The van der Waals surface area contributed by atoms with Gasteiger partial charge in [0, 0.05) is 18.8 Å². The topological polar surface area (TPSA) is 61.4 Å². The van der Waals surface area contributed by atoms with Gasteiger partial charge in [0.05, 0.1) is 0 Å². The van der Waals surface area contributed by atoms with Crippen molar-refractivity contribution in [3.63, 3.8) is 0 Å². The zero-order chi connectivity index (χ0) is 14.3. The Morgan fingerprint density at radius 3 is 2.32 bits per heavy atom. The number of anilines is 1. The number of hydrogen-bond donors (Lipinski definition) is 2. The number of hydrogen-bond acceptors (Lipinski definition) is 3. The predicted molar refractivity (Wildman–Crippen MR) is 76.0 cm³/mol. The molecule has 0 heterocycles. The van der Waals surface area contributed by atoms with Crippen LogP contribution in [0.25, 0.3) is 0 Å². The minimum atomic E-state index is -0.300. The average molecular weight is 263 g/mol. The van der Waals surface area contributed by atoms with Crippen molar-refractivity contribution in [3.05, 3.63) is 29.8 Å². The number of amides is 2. The number of rotatable bonds is 6. The summed E-state index contributed by atoms with van der Waals surface area (Å²) in [6.07, 6.45) is -0.151. The summed E-state index contributed by atoms with van der Waals surface area (Å²) in [4.78, 5) is 25.1. The summed E-state index contributed by atoms with van der Waals surface area (Å²) >= 11 is 0. The molecule has 5 nitrogen and oxygen atoms in total. The van der Waals surface area contributed by atoms with Gasteiger partial charge in [0.25, 0.3) is 0 Å². The number of benzene rings is 1. The fourth-order valence-corrected chi connectivity index (χ4v) is 1.47. The van der Waals surface area contributed by atoms with Gasteiger partial charge in [-0.2, -0.15) is 0 Å². The molecule has 0 radical (unpaired) electrons. The monoisotopic (exact) mass is 263 g/mol. The van der Waals surface area contributed by atoms with Crippen LogP contribution in [-0.2, 0) is 9.59 Å². The van der Waals surface area contributed by atoms with Crippen molar-refractivity contribution < 1.29 is 9.59 Å². The van der Waals surface area contributed by atoms with Crippen molar-refractivity contribution in [1.82, 2.24) is 10.2 Å². The highest BCUT2D eigenvalue weighted by Crippen LogP contribution is 2.08. The van der Waals surface area contributed by atoms with E-state index < -0.39 is 0 Å². The molecule has 0 fully saturated rings. The molecule has 1 aromatic rings. The lowest BCUT2D eigenvalue weighted by Gasteiger charge is -2.10. The van der Waals surface area contributed by atoms with Gasteiger partial charge in [-0.1, -0.05) is 17.7 Å². The molecule has 0 unspecified atom stereocenters. The summed E-state index contributed by atoms with van der Waals surface area (Å²) in [5, 5.41) is 5.39. The quantitative estimate of drug-likeness (QED) is 0.753. The molecule has 0 bridgehead atoms. The fraction of sp³-hybridized carbons (Fsp3) is 0.429. The van der Waals surface area contributed by atoms with E-state index in [0.717, 1.165) is 12.1 Å². The molecule has 0 aromatic heterocycles. The van der Waals surface area contributed by atoms with Gasteiger partial charge in [0.2, 0.25) is 11.8 Å². The van der Waals surface area contributed by atoms with E-state index in [1.807, 2.05) is 50.2 Å². The third kappa shape index (κ3) is 6.57. The predicted octanol–water partition coefficient (Wildman–Crippen LogP) is 1.00. The molecular weight excluding hydrogens is 242 g/mol. The molecule has 0 aliphatic rings. The Morgan fingerprint density at radius 1 is 1.11 bits per heavy atom. The van der Waals surface area contributed by atoms with Gasteiger partial charge in [-0.3, -0.25) is 9.59 Å². The molecule has 1 aromatic carbocycles. The van der Waals surface area contributed by atoms with Crippen LogP contribution in [0.3, 0.4) is 0 Å². The number of nitrogens with one attached hydrogen (secondary N) is 2. The molecule has 0 spiro atoms. The molecular formula is C14H21N3O2. The molecule has 19 heavy (non-hydrogen) atoms. The van der Waals surface area contributed by atoms with Crippen LogP contribution >= 0.6 is 0 Å². The SMILES string of the molecule is Cc1ccc(NC(=O)CC(=O)NCCN(C)C)cc1. The Kier molecular flexibility index (Phi) is 6.02.